The molecule has 1 heterocycles. The Morgan fingerprint density at radius 1 is 1.25 bits per heavy atom. The molecular formula is C16H15N3O4S. The van der Waals surface area contributed by atoms with Gasteiger partial charge < -0.3 is 14.8 Å². The summed E-state index contributed by atoms with van der Waals surface area (Å²) in [4.78, 5) is 14.8. The lowest BCUT2D eigenvalue weighted by molar-refractivity contribution is -0.384. The maximum Gasteiger partial charge on any atom is 0.270 e. The quantitative estimate of drug-likeness (QED) is 0.399. The molecule has 1 aromatic heterocycles. The number of ether oxygens (including phenoxy) is 2. The molecule has 7 nitrogen and oxygen atoms in total. The fourth-order valence-electron chi connectivity index (χ4n) is 2.16. The summed E-state index contributed by atoms with van der Waals surface area (Å²) in [6.45, 7) is 0.996. The van der Waals surface area contributed by atoms with Gasteiger partial charge in [-0.3, -0.25) is 10.1 Å². The van der Waals surface area contributed by atoms with Gasteiger partial charge >= 0.3 is 0 Å². The van der Waals surface area contributed by atoms with Gasteiger partial charge in [-0.1, -0.05) is 23.5 Å². The SMILES string of the molecule is COc1ccccc1OCCNc1nc2ccc([N+](=O)[O-])cc2s1. The molecule has 124 valence electrons. The van der Waals surface area contributed by atoms with E-state index in [2.05, 4.69) is 10.3 Å². The van der Waals surface area contributed by atoms with Crippen LogP contribution in [-0.2, 0) is 0 Å². The van der Waals surface area contributed by atoms with Gasteiger partial charge in [0.1, 0.15) is 6.61 Å². The van der Waals surface area contributed by atoms with Crippen LogP contribution in [0.1, 0.15) is 0 Å². The molecule has 0 bridgehead atoms. The summed E-state index contributed by atoms with van der Waals surface area (Å²) in [5, 5.41) is 14.7. The van der Waals surface area contributed by atoms with Crippen LogP contribution < -0.4 is 14.8 Å². The van der Waals surface area contributed by atoms with Crippen LogP contribution >= 0.6 is 11.3 Å². The van der Waals surface area contributed by atoms with E-state index in [-0.39, 0.29) is 5.69 Å². The van der Waals surface area contributed by atoms with Gasteiger partial charge in [0.2, 0.25) is 0 Å². The van der Waals surface area contributed by atoms with Gasteiger partial charge in [-0.25, -0.2) is 4.98 Å². The summed E-state index contributed by atoms with van der Waals surface area (Å²) in [6, 6.07) is 12.1. The van der Waals surface area contributed by atoms with E-state index < -0.39 is 4.92 Å². The average molecular weight is 345 g/mol. The van der Waals surface area contributed by atoms with E-state index in [1.54, 1.807) is 13.2 Å². The second kappa shape index (κ2) is 7.14. The number of fused-ring (bicyclic) bond motifs is 1. The zero-order valence-electron chi connectivity index (χ0n) is 12.9. The van der Waals surface area contributed by atoms with Crippen LogP contribution in [0.15, 0.2) is 42.5 Å². The fourth-order valence-corrected chi connectivity index (χ4v) is 3.08. The van der Waals surface area contributed by atoms with Crippen LogP contribution in [0.25, 0.3) is 10.2 Å². The Bertz CT molecular complexity index is 865. The number of thiazole rings is 1. The molecule has 3 aromatic rings. The first-order valence-electron chi connectivity index (χ1n) is 7.22. The minimum Gasteiger partial charge on any atom is -0.493 e. The van der Waals surface area contributed by atoms with Crippen molar-refractivity contribution in [2.75, 3.05) is 25.6 Å². The molecule has 2 aromatic carbocycles. The standard InChI is InChI=1S/C16H15N3O4S/c1-22-13-4-2-3-5-14(13)23-9-8-17-16-18-12-7-6-11(19(20)21)10-15(12)24-16/h2-7,10H,8-9H2,1H3,(H,17,18). The van der Waals surface area contributed by atoms with Crippen molar-refractivity contribution in [1.29, 1.82) is 0 Å². The van der Waals surface area contributed by atoms with Crippen LogP contribution in [-0.4, -0.2) is 30.2 Å². The number of nitro groups is 1. The molecule has 0 saturated heterocycles. The lowest BCUT2D eigenvalue weighted by atomic mass is 10.3. The molecule has 0 atom stereocenters. The van der Waals surface area contributed by atoms with Gasteiger partial charge in [0.25, 0.3) is 5.69 Å². The van der Waals surface area contributed by atoms with Crippen molar-refractivity contribution < 1.29 is 14.4 Å². The van der Waals surface area contributed by atoms with Gasteiger partial charge in [0.05, 0.1) is 28.8 Å². The maximum atomic E-state index is 10.8. The Hall–Kier alpha value is -2.87. The number of para-hydroxylation sites is 2. The number of nitrogens with one attached hydrogen (secondary N) is 1. The molecule has 0 amide bonds. The number of methoxy groups -OCH3 is 1. The lowest BCUT2D eigenvalue weighted by Crippen LogP contribution is -2.11. The smallest absolute Gasteiger partial charge is 0.270 e. The molecule has 8 heteroatoms. The topological polar surface area (TPSA) is 86.5 Å². The van der Waals surface area contributed by atoms with Gasteiger partial charge in [-0.15, -0.1) is 0 Å². The highest BCUT2D eigenvalue weighted by Crippen LogP contribution is 2.29. The number of anilines is 1. The highest BCUT2D eigenvalue weighted by molar-refractivity contribution is 7.22. The first-order valence-corrected chi connectivity index (χ1v) is 8.03. The van der Waals surface area contributed by atoms with E-state index in [1.165, 1.54) is 23.5 Å². The van der Waals surface area contributed by atoms with E-state index in [4.69, 9.17) is 9.47 Å². The summed E-state index contributed by atoms with van der Waals surface area (Å²) in [5.74, 6) is 1.37. The predicted octanol–water partition coefficient (Wildman–Crippen LogP) is 3.70. The number of benzene rings is 2. The minimum absolute atomic E-state index is 0.0669. The van der Waals surface area contributed by atoms with E-state index in [9.17, 15) is 10.1 Å². The first kappa shape index (κ1) is 16.0. The van der Waals surface area contributed by atoms with Gasteiger partial charge in [-0.2, -0.15) is 0 Å². The van der Waals surface area contributed by atoms with E-state index in [0.29, 0.717) is 29.8 Å². The third-order valence-electron chi connectivity index (χ3n) is 3.29. The van der Waals surface area contributed by atoms with Crippen LogP contribution in [0.3, 0.4) is 0 Å². The molecular weight excluding hydrogens is 330 g/mol. The number of hydrogen-bond donors (Lipinski definition) is 1. The molecule has 1 N–H and O–H groups in total. The molecule has 0 aliphatic rings. The molecule has 3 rings (SSSR count). The normalized spacial score (nSPS) is 10.5. The molecule has 0 radical (unpaired) electrons. The average Bonchev–Trinajstić information content (AvgIpc) is 3.00. The summed E-state index contributed by atoms with van der Waals surface area (Å²) >= 11 is 1.38. The van der Waals surface area contributed by atoms with Crippen molar-refractivity contribution in [2.45, 2.75) is 0 Å². The Balaban J connectivity index is 1.59. The third kappa shape index (κ3) is 3.54. The third-order valence-corrected chi connectivity index (χ3v) is 4.26. The summed E-state index contributed by atoms with van der Waals surface area (Å²) in [7, 11) is 1.60. The van der Waals surface area contributed by atoms with E-state index >= 15 is 0 Å². The molecule has 0 saturated carbocycles. The maximum absolute atomic E-state index is 10.8. The Labute approximate surface area is 142 Å². The zero-order valence-corrected chi connectivity index (χ0v) is 13.7. The summed E-state index contributed by atoms with van der Waals surface area (Å²) < 4.78 is 11.7. The summed E-state index contributed by atoms with van der Waals surface area (Å²) in [6.07, 6.45) is 0. The Morgan fingerprint density at radius 2 is 2.04 bits per heavy atom. The number of aromatic nitrogens is 1. The fraction of sp³-hybridized carbons (Fsp3) is 0.188. The largest absolute Gasteiger partial charge is 0.493 e. The molecule has 0 spiro atoms. The molecule has 0 aliphatic heterocycles. The van der Waals surface area contributed by atoms with Gasteiger partial charge in [-0.05, 0) is 18.2 Å². The van der Waals surface area contributed by atoms with Crippen molar-refractivity contribution in [3.05, 3.63) is 52.6 Å². The highest BCUT2D eigenvalue weighted by Gasteiger charge is 2.10. The Kier molecular flexibility index (Phi) is 4.76. The first-order chi connectivity index (χ1) is 11.7. The van der Waals surface area contributed by atoms with Crippen LogP contribution in [0.5, 0.6) is 11.5 Å². The van der Waals surface area contributed by atoms with Crippen molar-refractivity contribution in [3.8, 4) is 11.5 Å². The predicted molar refractivity (Wildman–Crippen MR) is 93.3 cm³/mol. The van der Waals surface area contributed by atoms with Crippen molar-refractivity contribution >= 4 is 32.4 Å². The second-order valence-corrected chi connectivity index (χ2v) is 5.88. The highest BCUT2D eigenvalue weighted by atomic mass is 32.1. The molecule has 0 fully saturated rings. The summed E-state index contributed by atoms with van der Waals surface area (Å²) in [5.41, 5.74) is 0.802. The van der Waals surface area contributed by atoms with Crippen molar-refractivity contribution in [1.82, 2.24) is 4.98 Å². The van der Waals surface area contributed by atoms with Crippen LogP contribution in [0.2, 0.25) is 0 Å². The zero-order chi connectivity index (χ0) is 16.9. The number of rotatable bonds is 7. The monoisotopic (exact) mass is 345 g/mol. The minimum atomic E-state index is -0.409. The number of hydrogen-bond acceptors (Lipinski definition) is 7. The molecule has 24 heavy (non-hydrogen) atoms. The Morgan fingerprint density at radius 3 is 2.79 bits per heavy atom. The van der Waals surface area contributed by atoms with Crippen LogP contribution in [0.4, 0.5) is 10.8 Å². The van der Waals surface area contributed by atoms with Gasteiger partial charge in [0, 0.05) is 12.1 Å². The van der Waals surface area contributed by atoms with Crippen molar-refractivity contribution in [2.24, 2.45) is 0 Å². The van der Waals surface area contributed by atoms with Gasteiger partial charge in [0.15, 0.2) is 16.6 Å². The van der Waals surface area contributed by atoms with E-state index in [1.807, 2.05) is 24.3 Å². The number of nitrogens with zero attached hydrogens (tertiary/aromatic N) is 2. The molecule has 0 aliphatic carbocycles. The second-order valence-electron chi connectivity index (χ2n) is 4.85. The molecule has 0 unspecified atom stereocenters. The van der Waals surface area contributed by atoms with Crippen molar-refractivity contribution in [3.63, 3.8) is 0 Å². The van der Waals surface area contributed by atoms with Crippen LogP contribution in [0, 0.1) is 10.1 Å². The van der Waals surface area contributed by atoms with E-state index in [0.717, 1.165) is 10.2 Å². The number of non-ortho nitro benzene ring substituents is 1. The lowest BCUT2D eigenvalue weighted by Gasteiger charge is -2.10. The number of nitro benzene ring substituents is 1.